The lowest BCUT2D eigenvalue weighted by molar-refractivity contribution is -0.384. The van der Waals surface area contributed by atoms with Crippen LogP contribution in [0.4, 0.5) is 5.69 Å². The molecule has 0 amide bonds. The number of non-ortho nitro benzene ring substituents is 1. The van der Waals surface area contributed by atoms with Crippen LogP contribution in [0.25, 0.3) is 0 Å². The van der Waals surface area contributed by atoms with E-state index in [1.165, 1.54) is 26.4 Å². The molecule has 3 rings (SSSR count). The topological polar surface area (TPSA) is 100 Å². The lowest BCUT2D eigenvalue weighted by Gasteiger charge is -2.29. The molecule has 0 aliphatic carbocycles. The minimum absolute atomic E-state index is 0.0377. The first kappa shape index (κ1) is 22.7. The Labute approximate surface area is 188 Å². The number of rotatable bonds is 6. The van der Waals surface area contributed by atoms with Gasteiger partial charge in [-0.05, 0) is 18.2 Å². The Kier molecular flexibility index (Phi) is 7.26. The van der Waals surface area contributed by atoms with E-state index >= 15 is 0 Å². The number of esters is 1. The summed E-state index contributed by atoms with van der Waals surface area (Å²) in [6.07, 6.45) is 0. The van der Waals surface area contributed by atoms with Crippen molar-refractivity contribution in [3.63, 3.8) is 0 Å². The zero-order chi connectivity index (χ0) is 22.5. The Bertz CT molecular complexity index is 1000. The molecule has 1 aliphatic rings. The second kappa shape index (κ2) is 9.90. The smallest absolute Gasteiger partial charge is 0.345 e. The summed E-state index contributed by atoms with van der Waals surface area (Å²) in [4.78, 5) is 25.5. The molecule has 0 bridgehead atoms. The van der Waals surface area contributed by atoms with E-state index in [9.17, 15) is 14.9 Å². The monoisotopic (exact) mass is 466 g/mol. The van der Waals surface area contributed by atoms with Crippen molar-refractivity contribution in [2.45, 2.75) is 0 Å². The first-order valence-corrected chi connectivity index (χ1v) is 9.93. The summed E-state index contributed by atoms with van der Waals surface area (Å²) in [5.41, 5.74) is 0.390. The molecular weight excluding hydrogens is 448 g/mol. The number of hydrogen-bond acceptors (Lipinski definition) is 8. The van der Waals surface area contributed by atoms with Crippen molar-refractivity contribution in [1.29, 1.82) is 0 Å². The van der Waals surface area contributed by atoms with E-state index in [1.54, 1.807) is 12.1 Å². The highest BCUT2D eigenvalue weighted by Crippen LogP contribution is 2.40. The number of nitrogens with zero attached hydrogens (tertiary/aromatic N) is 2. The molecule has 31 heavy (non-hydrogen) atoms. The lowest BCUT2D eigenvalue weighted by Crippen LogP contribution is -2.40. The van der Waals surface area contributed by atoms with Gasteiger partial charge in [0.1, 0.15) is 4.99 Å². The summed E-state index contributed by atoms with van der Waals surface area (Å²) in [5.74, 6) is -0.314. The van der Waals surface area contributed by atoms with Crippen molar-refractivity contribution >= 4 is 40.5 Å². The molecule has 0 unspecified atom stereocenters. The number of thiocarbonyl (C=S) groups is 1. The SMILES string of the molecule is COc1cc(C(=S)N2CCOCC2)cc(OC)c1OC(=O)c1ccc([N+](=O)[O-])cc1Cl. The Morgan fingerprint density at radius 3 is 2.29 bits per heavy atom. The van der Waals surface area contributed by atoms with Crippen molar-refractivity contribution in [3.05, 3.63) is 56.6 Å². The van der Waals surface area contributed by atoms with Crippen LogP contribution in [-0.2, 0) is 4.74 Å². The molecule has 2 aromatic carbocycles. The van der Waals surface area contributed by atoms with Crippen molar-refractivity contribution in [3.8, 4) is 17.2 Å². The van der Waals surface area contributed by atoms with Crippen molar-refractivity contribution in [1.82, 2.24) is 4.90 Å². The lowest BCUT2D eigenvalue weighted by atomic mass is 10.1. The van der Waals surface area contributed by atoms with Gasteiger partial charge in [-0.3, -0.25) is 10.1 Å². The van der Waals surface area contributed by atoms with Crippen LogP contribution >= 0.6 is 23.8 Å². The van der Waals surface area contributed by atoms with Crippen LogP contribution in [0.1, 0.15) is 15.9 Å². The maximum atomic E-state index is 12.7. The summed E-state index contributed by atoms with van der Waals surface area (Å²) in [6.45, 7) is 2.50. The maximum absolute atomic E-state index is 12.7. The number of halogens is 1. The number of methoxy groups -OCH3 is 2. The van der Waals surface area contributed by atoms with Crippen LogP contribution < -0.4 is 14.2 Å². The second-order valence-electron chi connectivity index (χ2n) is 6.43. The van der Waals surface area contributed by atoms with E-state index in [0.717, 1.165) is 6.07 Å². The summed E-state index contributed by atoms with van der Waals surface area (Å²) in [5, 5.41) is 10.8. The molecule has 9 nitrogen and oxygen atoms in total. The first-order chi connectivity index (χ1) is 14.8. The zero-order valence-corrected chi connectivity index (χ0v) is 18.3. The molecule has 2 aromatic rings. The Morgan fingerprint density at radius 1 is 1.16 bits per heavy atom. The normalized spacial score (nSPS) is 13.5. The van der Waals surface area contributed by atoms with E-state index in [2.05, 4.69) is 0 Å². The molecule has 11 heteroatoms. The number of hydrogen-bond donors (Lipinski definition) is 0. The van der Waals surface area contributed by atoms with Crippen molar-refractivity contribution in [2.75, 3.05) is 40.5 Å². The largest absolute Gasteiger partial charge is 0.493 e. The van der Waals surface area contributed by atoms with Crippen LogP contribution in [0.2, 0.25) is 5.02 Å². The standard InChI is InChI=1S/C20H19ClN2O7S/c1-27-16-9-12(19(31)22-5-7-29-8-6-22)10-17(28-2)18(16)30-20(24)14-4-3-13(23(25)26)11-15(14)21/h3-4,9-11H,5-8H2,1-2H3. The third kappa shape index (κ3) is 5.04. The molecular formula is C20H19ClN2O7S. The fourth-order valence-corrected chi connectivity index (χ4v) is 3.54. The number of ether oxygens (including phenoxy) is 4. The predicted molar refractivity (Wildman–Crippen MR) is 117 cm³/mol. The Balaban J connectivity index is 1.91. The number of morpholine rings is 1. The summed E-state index contributed by atoms with van der Waals surface area (Å²) < 4.78 is 21.6. The average Bonchev–Trinajstić information content (AvgIpc) is 2.78. The van der Waals surface area contributed by atoms with Gasteiger partial charge in [0.2, 0.25) is 5.75 Å². The maximum Gasteiger partial charge on any atom is 0.345 e. The molecule has 0 saturated carbocycles. The molecule has 0 radical (unpaired) electrons. The molecule has 0 atom stereocenters. The Morgan fingerprint density at radius 2 is 1.77 bits per heavy atom. The second-order valence-corrected chi connectivity index (χ2v) is 7.22. The van der Waals surface area contributed by atoms with Gasteiger partial charge in [0.15, 0.2) is 11.5 Å². The highest BCUT2D eigenvalue weighted by Gasteiger charge is 2.24. The number of carbonyl (C=O) groups excluding carboxylic acids is 1. The molecule has 1 aliphatic heterocycles. The Hall–Kier alpha value is -2.95. The van der Waals surface area contributed by atoms with Crippen molar-refractivity contribution in [2.24, 2.45) is 0 Å². The minimum atomic E-state index is -0.819. The molecule has 0 spiro atoms. The first-order valence-electron chi connectivity index (χ1n) is 9.15. The van der Waals surface area contributed by atoms with Crippen LogP contribution in [0.3, 0.4) is 0 Å². The third-order valence-electron chi connectivity index (χ3n) is 4.58. The van der Waals surface area contributed by atoms with E-state index < -0.39 is 10.9 Å². The van der Waals surface area contributed by atoms with E-state index in [4.69, 9.17) is 42.8 Å². The van der Waals surface area contributed by atoms with Crippen molar-refractivity contribution < 1.29 is 28.7 Å². The van der Waals surface area contributed by atoms with Crippen LogP contribution in [0.15, 0.2) is 30.3 Å². The van der Waals surface area contributed by atoms with E-state index in [0.29, 0.717) is 36.9 Å². The molecule has 1 heterocycles. The fourth-order valence-electron chi connectivity index (χ4n) is 2.98. The van der Waals surface area contributed by atoms with Gasteiger partial charge < -0.3 is 23.8 Å². The van der Waals surface area contributed by atoms with Gasteiger partial charge in [-0.2, -0.15) is 0 Å². The summed E-state index contributed by atoms with van der Waals surface area (Å²) in [7, 11) is 2.85. The summed E-state index contributed by atoms with van der Waals surface area (Å²) in [6, 6.07) is 6.78. The quantitative estimate of drug-likeness (QED) is 0.208. The number of nitro groups is 1. The molecule has 1 saturated heterocycles. The molecule has 0 N–H and O–H groups in total. The average molecular weight is 467 g/mol. The molecule has 1 fully saturated rings. The van der Waals surface area contributed by atoms with E-state index in [-0.39, 0.29) is 33.5 Å². The minimum Gasteiger partial charge on any atom is -0.493 e. The highest BCUT2D eigenvalue weighted by atomic mass is 35.5. The zero-order valence-electron chi connectivity index (χ0n) is 16.8. The van der Waals surface area contributed by atoms with Gasteiger partial charge in [-0.1, -0.05) is 23.8 Å². The van der Waals surface area contributed by atoms with Gasteiger partial charge >= 0.3 is 5.97 Å². The predicted octanol–water partition coefficient (Wildman–Crippen LogP) is 3.49. The highest BCUT2D eigenvalue weighted by molar-refractivity contribution is 7.80. The van der Waals surface area contributed by atoms with Crippen LogP contribution in [-0.4, -0.2) is 61.3 Å². The summed E-state index contributed by atoms with van der Waals surface area (Å²) >= 11 is 11.6. The fraction of sp³-hybridized carbons (Fsp3) is 0.300. The number of carbonyl (C=O) groups is 1. The molecule has 164 valence electrons. The van der Waals surface area contributed by atoms with Crippen LogP contribution in [0, 0.1) is 10.1 Å². The van der Waals surface area contributed by atoms with Gasteiger partial charge in [0.25, 0.3) is 5.69 Å². The van der Waals surface area contributed by atoms with Gasteiger partial charge in [0.05, 0.1) is 42.9 Å². The molecule has 0 aromatic heterocycles. The van der Waals surface area contributed by atoms with Gasteiger partial charge in [-0.15, -0.1) is 0 Å². The van der Waals surface area contributed by atoms with Gasteiger partial charge in [-0.25, -0.2) is 4.79 Å². The number of nitro benzene ring substituents is 1. The number of benzene rings is 2. The van der Waals surface area contributed by atoms with Crippen LogP contribution in [0.5, 0.6) is 17.2 Å². The van der Waals surface area contributed by atoms with Gasteiger partial charge in [0, 0.05) is 30.8 Å². The third-order valence-corrected chi connectivity index (χ3v) is 5.39. The van der Waals surface area contributed by atoms with E-state index in [1.807, 2.05) is 4.90 Å².